The van der Waals surface area contributed by atoms with Gasteiger partial charge in [-0.25, -0.2) is 4.98 Å². The summed E-state index contributed by atoms with van der Waals surface area (Å²) in [7, 11) is 0. The molecule has 1 aliphatic rings. The first-order valence-electron chi connectivity index (χ1n) is 6.72. The van der Waals surface area contributed by atoms with Gasteiger partial charge in [0, 0.05) is 37.5 Å². The van der Waals surface area contributed by atoms with E-state index in [9.17, 15) is 14.9 Å². The van der Waals surface area contributed by atoms with Gasteiger partial charge in [-0.15, -0.1) is 0 Å². The van der Waals surface area contributed by atoms with Crippen LogP contribution in [-0.2, 0) is 13.1 Å². The molecule has 3 rings (SSSR count). The van der Waals surface area contributed by atoms with Crippen molar-refractivity contribution in [3.05, 3.63) is 61.6 Å². The Labute approximate surface area is 130 Å². The van der Waals surface area contributed by atoms with Crippen molar-refractivity contribution in [2.75, 3.05) is 4.90 Å². The van der Waals surface area contributed by atoms with Gasteiger partial charge < -0.3 is 4.90 Å². The van der Waals surface area contributed by atoms with Gasteiger partial charge in [0.25, 0.3) is 5.56 Å². The largest absolute Gasteiger partial charge is 0.343 e. The van der Waals surface area contributed by atoms with Crippen molar-refractivity contribution < 1.29 is 4.92 Å². The van der Waals surface area contributed by atoms with E-state index < -0.39 is 4.92 Å². The standard InChI is InChI=1S/C14H13ClN4O3/c1-9-7-18-13(20)5-3-11(19(21)22)14(18)17(9)8-10-2-4-12(15)16-6-10/h2-6,9H,7-8H2,1H3. The Bertz CT molecular complexity index is 788. The van der Waals surface area contributed by atoms with Gasteiger partial charge in [0.2, 0.25) is 0 Å². The van der Waals surface area contributed by atoms with Gasteiger partial charge >= 0.3 is 5.69 Å². The van der Waals surface area contributed by atoms with Crippen molar-refractivity contribution in [3.63, 3.8) is 0 Å². The highest BCUT2D eigenvalue weighted by molar-refractivity contribution is 6.29. The van der Waals surface area contributed by atoms with Crippen molar-refractivity contribution in [2.45, 2.75) is 26.1 Å². The van der Waals surface area contributed by atoms with E-state index >= 15 is 0 Å². The fourth-order valence-electron chi connectivity index (χ4n) is 2.68. The number of nitro groups is 1. The average Bonchev–Trinajstić information content (AvgIpc) is 2.80. The highest BCUT2D eigenvalue weighted by atomic mass is 35.5. The van der Waals surface area contributed by atoms with Crippen molar-refractivity contribution in [1.29, 1.82) is 0 Å². The highest BCUT2D eigenvalue weighted by Crippen LogP contribution is 2.34. The van der Waals surface area contributed by atoms with Gasteiger partial charge in [-0.2, -0.15) is 0 Å². The summed E-state index contributed by atoms with van der Waals surface area (Å²) in [5.41, 5.74) is 0.574. The molecule has 0 radical (unpaired) electrons. The van der Waals surface area contributed by atoms with Crippen LogP contribution in [0.4, 0.5) is 11.5 Å². The van der Waals surface area contributed by atoms with Crippen LogP contribution in [0, 0.1) is 10.1 Å². The summed E-state index contributed by atoms with van der Waals surface area (Å²) in [6.45, 7) is 2.78. The molecule has 0 saturated heterocycles. The van der Waals surface area contributed by atoms with Crippen LogP contribution in [0.3, 0.4) is 0 Å². The molecule has 7 nitrogen and oxygen atoms in total. The first-order chi connectivity index (χ1) is 10.5. The zero-order valence-electron chi connectivity index (χ0n) is 11.8. The summed E-state index contributed by atoms with van der Waals surface area (Å²) in [6.07, 6.45) is 1.63. The van der Waals surface area contributed by atoms with E-state index in [0.717, 1.165) is 5.56 Å². The quantitative estimate of drug-likeness (QED) is 0.492. The van der Waals surface area contributed by atoms with Crippen LogP contribution in [0.15, 0.2) is 35.3 Å². The van der Waals surface area contributed by atoms with E-state index in [0.29, 0.717) is 24.1 Å². The summed E-state index contributed by atoms with van der Waals surface area (Å²) < 4.78 is 1.45. The number of hydrogen-bond donors (Lipinski definition) is 0. The van der Waals surface area contributed by atoms with E-state index in [1.54, 1.807) is 12.3 Å². The van der Waals surface area contributed by atoms with Crippen LogP contribution in [0.2, 0.25) is 5.15 Å². The number of aromatic nitrogens is 2. The van der Waals surface area contributed by atoms with Gasteiger partial charge in [-0.1, -0.05) is 17.7 Å². The number of rotatable bonds is 3. The first kappa shape index (κ1) is 14.5. The molecule has 0 spiro atoms. The third-order valence-electron chi connectivity index (χ3n) is 3.72. The second-order valence-corrected chi connectivity index (χ2v) is 5.60. The third-order valence-corrected chi connectivity index (χ3v) is 3.95. The number of anilines is 1. The van der Waals surface area contributed by atoms with Crippen LogP contribution < -0.4 is 10.5 Å². The minimum Gasteiger partial charge on any atom is -0.343 e. The fourth-order valence-corrected chi connectivity index (χ4v) is 2.79. The zero-order chi connectivity index (χ0) is 15.9. The summed E-state index contributed by atoms with van der Waals surface area (Å²) in [4.78, 5) is 28.6. The zero-order valence-corrected chi connectivity index (χ0v) is 12.5. The summed E-state index contributed by atoms with van der Waals surface area (Å²) in [5, 5.41) is 11.6. The molecule has 0 saturated carbocycles. The lowest BCUT2D eigenvalue weighted by Gasteiger charge is -2.22. The normalized spacial score (nSPS) is 16.6. The van der Waals surface area contributed by atoms with Gasteiger partial charge in [-0.05, 0) is 18.6 Å². The Morgan fingerprint density at radius 2 is 2.18 bits per heavy atom. The van der Waals surface area contributed by atoms with E-state index in [1.165, 1.54) is 16.7 Å². The van der Waals surface area contributed by atoms with Gasteiger partial charge in [0.15, 0.2) is 5.82 Å². The first-order valence-corrected chi connectivity index (χ1v) is 7.10. The number of fused-ring (bicyclic) bond motifs is 1. The highest BCUT2D eigenvalue weighted by Gasteiger charge is 2.33. The molecule has 1 unspecified atom stereocenters. The molecule has 3 heterocycles. The summed E-state index contributed by atoms with van der Waals surface area (Å²) in [5.74, 6) is 0.347. The van der Waals surface area contributed by atoms with E-state index in [4.69, 9.17) is 11.6 Å². The molecule has 0 aliphatic carbocycles. The van der Waals surface area contributed by atoms with Crippen molar-refractivity contribution in [1.82, 2.24) is 9.55 Å². The monoisotopic (exact) mass is 320 g/mol. The SMILES string of the molecule is CC1Cn2c(c([N+](=O)[O-])ccc2=O)N1Cc1ccc(Cl)nc1. The van der Waals surface area contributed by atoms with Crippen LogP contribution in [0.25, 0.3) is 0 Å². The number of hydrogen-bond acceptors (Lipinski definition) is 5. The Hall–Kier alpha value is -2.41. The maximum atomic E-state index is 12.0. The lowest BCUT2D eigenvalue weighted by molar-refractivity contribution is -0.384. The molecule has 0 fully saturated rings. The van der Waals surface area contributed by atoms with Gasteiger partial charge in [0.1, 0.15) is 5.15 Å². The molecule has 1 aliphatic heterocycles. The molecule has 8 heteroatoms. The Kier molecular flexibility index (Phi) is 3.58. The van der Waals surface area contributed by atoms with Gasteiger partial charge in [-0.3, -0.25) is 19.5 Å². The van der Waals surface area contributed by atoms with Crippen molar-refractivity contribution in [3.8, 4) is 0 Å². The molecule has 2 aromatic rings. The van der Waals surface area contributed by atoms with Crippen molar-refractivity contribution >= 4 is 23.1 Å². The van der Waals surface area contributed by atoms with Crippen LogP contribution >= 0.6 is 11.6 Å². The topological polar surface area (TPSA) is 81.3 Å². The predicted octanol–water partition coefficient (Wildman–Crippen LogP) is 2.21. The summed E-state index contributed by atoms with van der Waals surface area (Å²) >= 11 is 5.77. The maximum Gasteiger partial charge on any atom is 0.310 e. The predicted molar refractivity (Wildman–Crippen MR) is 82.2 cm³/mol. The van der Waals surface area contributed by atoms with Gasteiger partial charge in [0.05, 0.1) is 4.92 Å². The minimum atomic E-state index is -0.462. The molecule has 114 valence electrons. The smallest absolute Gasteiger partial charge is 0.310 e. The molecule has 1 atom stereocenters. The van der Waals surface area contributed by atoms with Crippen molar-refractivity contribution in [2.24, 2.45) is 0 Å². The van der Waals surface area contributed by atoms with E-state index in [1.807, 2.05) is 17.9 Å². The Morgan fingerprint density at radius 1 is 1.41 bits per heavy atom. The lowest BCUT2D eigenvalue weighted by atomic mass is 10.2. The second-order valence-electron chi connectivity index (χ2n) is 5.21. The number of halogens is 1. The molecule has 0 amide bonds. The molecule has 2 aromatic heterocycles. The number of pyridine rings is 2. The molecular weight excluding hydrogens is 308 g/mol. The maximum absolute atomic E-state index is 12.0. The lowest BCUT2D eigenvalue weighted by Crippen LogP contribution is -2.29. The third kappa shape index (κ3) is 2.43. The summed E-state index contributed by atoms with van der Waals surface area (Å²) in [6, 6.07) is 5.97. The van der Waals surface area contributed by atoms with Crippen LogP contribution in [0.1, 0.15) is 12.5 Å². The minimum absolute atomic E-state index is 0.0236. The van der Waals surface area contributed by atoms with Crippen LogP contribution in [0.5, 0.6) is 0 Å². The molecule has 0 aromatic carbocycles. The fraction of sp³-hybridized carbons (Fsp3) is 0.286. The molecular formula is C14H13ClN4O3. The Balaban J connectivity index is 2.05. The van der Waals surface area contributed by atoms with E-state index in [-0.39, 0.29) is 17.3 Å². The van der Waals surface area contributed by atoms with E-state index in [2.05, 4.69) is 4.98 Å². The Morgan fingerprint density at radius 3 is 2.82 bits per heavy atom. The average molecular weight is 321 g/mol. The second kappa shape index (κ2) is 5.42. The van der Waals surface area contributed by atoms with Crippen LogP contribution in [-0.4, -0.2) is 20.5 Å². The molecule has 22 heavy (non-hydrogen) atoms. The molecule has 0 N–H and O–H groups in total. The number of nitrogens with zero attached hydrogens (tertiary/aromatic N) is 4. The molecule has 0 bridgehead atoms.